The molecule has 0 unspecified atom stereocenters. The maximum atomic E-state index is 10.8. The number of para-hydroxylation sites is 3. The number of fused-ring (bicyclic) bond motifs is 1. The molecule has 0 radical (unpaired) electrons. The Morgan fingerprint density at radius 2 is 1.57 bits per heavy atom. The van der Waals surface area contributed by atoms with Crippen molar-refractivity contribution < 1.29 is 28.9 Å². The minimum absolute atomic E-state index is 0. The Kier molecular flexibility index (Phi) is 5.64. The van der Waals surface area contributed by atoms with E-state index < -0.39 is 0 Å². The van der Waals surface area contributed by atoms with Gasteiger partial charge in [-0.15, -0.1) is 29.8 Å². The van der Waals surface area contributed by atoms with Crippen molar-refractivity contribution in [3.8, 4) is 45.2 Å². The summed E-state index contributed by atoms with van der Waals surface area (Å²) in [6.45, 7) is 0. The Morgan fingerprint density at radius 3 is 2.37 bits per heavy atom. The van der Waals surface area contributed by atoms with Crippen molar-refractivity contribution in [1.29, 1.82) is 0 Å². The molecular formula is C30H20N3OPt-. The van der Waals surface area contributed by atoms with Crippen molar-refractivity contribution in [3.05, 3.63) is 121 Å². The molecule has 6 rings (SSSR count). The summed E-state index contributed by atoms with van der Waals surface area (Å²) in [5, 5.41) is 10.8. The predicted octanol–water partition coefficient (Wildman–Crippen LogP) is 6.92. The molecule has 0 aliphatic heterocycles. The van der Waals surface area contributed by atoms with E-state index in [9.17, 15) is 5.11 Å². The second-order valence-corrected chi connectivity index (χ2v) is 7.83. The smallest absolute Gasteiger partial charge is 0.148 e. The second-order valence-electron chi connectivity index (χ2n) is 7.83. The second kappa shape index (κ2) is 9.69. The molecule has 0 amide bonds. The van der Waals surface area contributed by atoms with Gasteiger partial charge in [0.25, 0.3) is 0 Å². The average Bonchev–Trinajstić information content (AvgIpc) is 3.28. The molecular weight excluding hydrogens is 613 g/mol. The van der Waals surface area contributed by atoms with Gasteiger partial charge in [-0.3, -0.25) is 9.55 Å². The third kappa shape index (κ3) is 4.18. The fourth-order valence-corrected chi connectivity index (χ4v) is 4.18. The van der Waals surface area contributed by atoms with E-state index in [2.05, 4.69) is 11.1 Å². The van der Waals surface area contributed by atoms with Crippen LogP contribution in [0.3, 0.4) is 0 Å². The molecule has 2 heterocycles. The van der Waals surface area contributed by atoms with Crippen LogP contribution in [0.4, 0.5) is 0 Å². The van der Waals surface area contributed by atoms with Gasteiger partial charge in [0.15, 0.2) is 0 Å². The molecule has 0 atom stereocenters. The van der Waals surface area contributed by atoms with Gasteiger partial charge in [0.2, 0.25) is 0 Å². The van der Waals surface area contributed by atoms with Crippen LogP contribution < -0.4 is 0 Å². The van der Waals surface area contributed by atoms with Crippen molar-refractivity contribution in [3.63, 3.8) is 0 Å². The largest absolute Gasteiger partial charge is 0.507 e. The molecule has 5 heteroatoms. The van der Waals surface area contributed by atoms with Crippen LogP contribution in [0.15, 0.2) is 115 Å². The number of hydrogen-bond donors (Lipinski definition) is 1. The molecule has 0 spiro atoms. The zero-order valence-electron chi connectivity index (χ0n) is 20.4. The Labute approximate surface area is 220 Å². The number of nitrogens with zero attached hydrogens (tertiary/aromatic N) is 3. The fourth-order valence-electron chi connectivity index (χ4n) is 4.18. The van der Waals surface area contributed by atoms with Crippen molar-refractivity contribution in [2.45, 2.75) is 0 Å². The zero-order chi connectivity index (χ0) is 24.6. The molecule has 4 aromatic carbocycles. The maximum Gasteiger partial charge on any atom is 0.148 e. The number of imidazole rings is 1. The van der Waals surface area contributed by atoms with Gasteiger partial charge >= 0.3 is 0 Å². The molecule has 1 N–H and O–H groups in total. The quantitative estimate of drug-likeness (QED) is 0.214. The molecule has 35 heavy (non-hydrogen) atoms. The van der Waals surface area contributed by atoms with Gasteiger partial charge in [0.1, 0.15) is 11.6 Å². The molecule has 0 aliphatic carbocycles. The van der Waals surface area contributed by atoms with Crippen molar-refractivity contribution in [2.75, 3.05) is 0 Å². The molecule has 0 aliphatic rings. The predicted molar refractivity (Wildman–Crippen MR) is 136 cm³/mol. The molecule has 4 nitrogen and oxygen atoms in total. The minimum atomic E-state index is -0.148. The number of phenols is 1. The van der Waals surface area contributed by atoms with Crippen LogP contribution in [-0.2, 0) is 21.1 Å². The third-order valence-electron chi connectivity index (χ3n) is 5.73. The normalized spacial score (nSPS) is 11.5. The van der Waals surface area contributed by atoms with E-state index in [4.69, 9.17) is 7.73 Å². The van der Waals surface area contributed by atoms with Crippen molar-refractivity contribution in [2.24, 2.45) is 0 Å². The van der Waals surface area contributed by atoms with Gasteiger partial charge in [-0.2, -0.15) is 0 Å². The molecule has 6 aromatic rings. The number of hydrogen-bond acceptors (Lipinski definition) is 3. The number of benzene rings is 4. The minimum Gasteiger partial charge on any atom is -0.507 e. The maximum absolute atomic E-state index is 10.8. The number of phenolic OH excluding ortho intramolecular Hbond substituents is 1. The summed E-state index contributed by atoms with van der Waals surface area (Å²) in [7, 11) is 0. The number of aromatic nitrogens is 3. The van der Waals surface area contributed by atoms with E-state index in [1.165, 1.54) is 12.1 Å². The first-order valence-electron chi connectivity index (χ1n) is 11.9. The van der Waals surface area contributed by atoms with Gasteiger partial charge in [-0.25, -0.2) is 4.98 Å². The number of rotatable bonds is 4. The first-order valence-corrected chi connectivity index (χ1v) is 10.9. The van der Waals surface area contributed by atoms with Gasteiger partial charge in [0, 0.05) is 38.6 Å². The molecule has 172 valence electrons. The number of aromatic hydroxyl groups is 1. The Balaban J connectivity index is 0.00000280. The van der Waals surface area contributed by atoms with E-state index in [0.717, 1.165) is 39.1 Å². The summed E-state index contributed by atoms with van der Waals surface area (Å²) in [4.78, 5) is 9.43. The SMILES string of the molecule is [2H]c1cc([2H])c(-c2nc3c(-c4[c-]c(-c5ccccn5)ccc4)cccc3n2-c2ccccc2)c(O)c1.[Pt]. The van der Waals surface area contributed by atoms with Crippen LogP contribution in [0.5, 0.6) is 5.75 Å². The van der Waals surface area contributed by atoms with Crippen molar-refractivity contribution in [1.82, 2.24) is 14.5 Å². The van der Waals surface area contributed by atoms with E-state index in [0.29, 0.717) is 5.82 Å². The Hall–Kier alpha value is -4.01. The van der Waals surface area contributed by atoms with Gasteiger partial charge in [-0.1, -0.05) is 65.7 Å². The molecule has 0 bridgehead atoms. The van der Waals surface area contributed by atoms with Crippen LogP contribution in [0, 0.1) is 6.07 Å². The summed E-state index contributed by atoms with van der Waals surface area (Å²) in [6.07, 6.45) is 1.76. The van der Waals surface area contributed by atoms with E-state index in [1.54, 1.807) is 6.20 Å². The van der Waals surface area contributed by atoms with E-state index in [-0.39, 0.29) is 44.5 Å². The average molecular weight is 636 g/mol. The van der Waals surface area contributed by atoms with Gasteiger partial charge in [-0.05, 0) is 36.4 Å². The summed E-state index contributed by atoms with van der Waals surface area (Å²) in [5.41, 5.74) is 6.15. The molecule has 0 saturated carbocycles. The molecule has 0 fully saturated rings. The Bertz CT molecular complexity index is 1700. The van der Waals surface area contributed by atoms with Crippen LogP contribution in [0.25, 0.3) is 50.5 Å². The first-order chi connectivity index (χ1) is 17.6. The van der Waals surface area contributed by atoms with E-state index in [1.807, 2.05) is 89.5 Å². The standard InChI is InChI=1S/C30H20N3O.Pt/c34-28-18-5-4-14-25(28)30-32-29-24(15-9-17-27(29)33(30)23-12-2-1-3-13-23)21-10-8-11-22(20-21)26-16-6-7-19-31-26;/h1-19,34H;/q-1;/i5D,14D;. The first kappa shape index (κ1) is 20.4. The third-order valence-corrected chi connectivity index (χ3v) is 5.73. The monoisotopic (exact) mass is 635 g/mol. The fraction of sp³-hybridized carbons (Fsp3) is 0. The zero-order valence-corrected chi connectivity index (χ0v) is 20.7. The summed E-state index contributed by atoms with van der Waals surface area (Å²) >= 11 is 0. The summed E-state index contributed by atoms with van der Waals surface area (Å²) in [5.74, 6) is 0.289. The molecule has 2 aromatic heterocycles. The van der Waals surface area contributed by atoms with Crippen molar-refractivity contribution >= 4 is 11.0 Å². The summed E-state index contributed by atoms with van der Waals surface area (Å²) in [6, 6.07) is 33.8. The topological polar surface area (TPSA) is 50.9 Å². The molecule has 0 saturated heterocycles. The Morgan fingerprint density at radius 1 is 0.771 bits per heavy atom. The van der Waals surface area contributed by atoms with Crippen LogP contribution in [0.1, 0.15) is 2.74 Å². The van der Waals surface area contributed by atoms with E-state index >= 15 is 0 Å². The van der Waals surface area contributed by atoms with Crippen LogP contribution in [-0.4, -0.2) is 19.6 Å². The van der Waals surface area contributed by atoms with Gasteiger partial charge in [0.05, 0.1) is 19.3 Å². The summed E-state index contributed by atoms with van der Waals surface area (Å²) < 4.78 is 18.3. The number of pyridine rings is 1. The van der Waals surface area contributed by atoms with Gasteiger partial charge < -0.3 is 5.11 Å². The van der Waals surface area contributed by atoms with Crippen LogP contribution in [0.2, 0.25) is 0 Å². The van der Waals surface area contributed by atoms with Crippen LogP contribution >= 0.6 is 0 Å².